The molecule has 1 aromatic heterocycles. The fourth-order valence-corrected chi connectivity index (χ4v) is 2.76. The summed E-state index contributed by atoms with van der Waals surface area (Å²) in [6.45, 7) is 5.13. The van der Waals surface area contributed by atoms with E-state index in [2.05, 4.69) is 4.98 Å². The number of rotatable bonds is 8. The molecule has 0 spiro atoms. The Morgan fingerprint density at radius 1 is 1.04 bits per heavy atom. The van der Waals surface area contributed by atoms with Crippen molar-refractivity contribution in [2.45, 2.75) is 26.7 Å². The first-order valence-corrected chi connectivity index (χ1v) is 9.26. The molecule has 28 heavy (non-hydrogen) atoms. The Bertz CT molecular complexity index is 1000. The number of ether oxygens (including phenoxy) is 2. The second kappa shape index (κ2) is 8.69. The van der Waals surface area contributed by atoms with Gasteiger partial charge in [0, 0.05) is 23.2 Å². The zero-order valence-corrected chi connectivity index (χ0v) is 15.9. The lowest BCUT2D eigenvalue weighted by atomic mass is 10.0. The Kier molecular flexibility index (Phi) is 6.09. The third kappa shape index (κ3) is 4.22. The van der Waals surface area contributed by atoms with E-state index in [9.17, 15) is 14.3 Å². The lowest BCUT2D eigenvalue weighted by Gasteiger charge is -2.13. The first kappa shape index (κ1) is 19.6. The molecule has 0 aliphatic rings. The standard InChI is InChI=1S/C22H22FNO4/c1-3-7-27-20-10-14-9-15(13-24-18(14)12-21(20)28-8-4-2)22(26)17-11-16(23)5-6-19(17)25/h5-6,9-13,25H,3-4,7-8H2,1-2H3. The molecule has 0 fully saturated rings. The number of fused-ring (bicyclic) bond motifs is 1. The van der Waals surface area contributed by atoms with Gasteiger partial charge in [-0.25, -0.2) is 4.39 Å². The average Bonchev–Trinajstić information content (AvgIpc) is 2.71. The number of phenolic OH excluding ortho intramolecular Hbond substituents is 1. The maximum absolute atomic E-state index is 13.5. The number of nitrogens with zero attached hydrogens (tertiary/aromatic N) is 1. The van der Waals surface area contributed by atoms with Gasteiger partial charge in [0.2, 0.25) is 0 Å². The fourth-order valence-electron chi connectivity index (χ4n) is 2.76. The van der Waals surface area contributed by atoms with E-state index in [0.29, 0.717) is 35.6 Å². The van der Waals surface area contributed by atoms with Crippen molar-refractivity contribution in [2.24, 2.45) is 0 Å². The van der Waals surface area contributed by atoms with Crippen LogP contribution in [-0.2, 0) is 0 Å². The molecular formula is C22H22FNO4. The number of ketones is 1. The Hall–Kier alpha value is -3.15. The Morgan fingerprint density at radius 2 is 1.71 bits per heavy atom. The number of hydrogen-bond acceptors (Lipinski definition) is 5. The summed E-state index contributed by atoms with van der Waals surface area (Å²) in [5, 5.41) is 10.6. The van der Waals surface area contributed by atoms with Crippen LogP contribution in [0.5, 0.6) is 17.2 Å². The molecule has 0 aliphatic carbocycles. The molecule has 0 amide bonds. The zero-order valence-electron chi connectivity index (χ0n) is 15.9. The van der Waals surface area contributed by atoms with E-state index in [1.54, 1.807) is 18.2 Å². The monoisotopic (exact) mass is 383 g/mol. The van der Waals surface area contributed by atoms with Gasteiger partial charge in [-0.05, 0) is 43.2 Å². The third-order valence-corrected chi connectivity index (χ3v) is 4.14. The number of phenols is 1. The molecule has 0 bridgehead atoms. The van der Waals surface area contributed by atoms with Crippen LogP contribution in [0.2, 0.25) is 0 Å². The van der Waals surface area contributed by atoms with E-state index >= 15 is 0 Å². The zero-order chi connectivity index (χ0) is 20.1. The number of benzene rings is 2. The van der Waals surface area contributed by atoms with Crippen molar-refractivity contribution < 1.29 is 23.8 Å². The Balaban J connectivity index is 2.02. The van der Waals surface area contributed by atoms with Gasteiger partial charge in [-0.3, -0.25) is 9.78 Å². The van der Waals surface area contributed by atoms with Crippen LogP contribution in [0, 0.1) is 5.82 Å². The molecule has 3 rings (SSSR count). The second-order valence-electron chi connectivity index (χ2n) is 6.40. The first-order chi connectivity index (χ1) is 13.5. The van der Waals surface area contributed by atoms with Gasteiger partial charge in [0.05, 0.1) is 24.3 Å². The highest BCUT2D eigenvalue weighted by atomic mass is 19.1. The van der Waals surface area contributed by atoms with Crippen LogP contribution in [0.3, 0.4) is 0 Å². The van der Waals surface area contributed by atoms with Crippen LogP contribution < -0.4 is 9.47 Å². The number of hydrogen-bond donors (Lipinski definition) is 1. The summed E-state index contributed by atoms with van der Waals surface area (Å²) in [7, 11) is 0. The van der Waals surface area contributed by atoms with E-state index in [-0.39, 0.29) is 16.9 Å². The number of carbonyl (C=O) groups is 1. The van der Waals surface area contributed by atoms with Gasteiger partial charge >= 0.3 is 0 Å². The minimum atomic E-state index is -0.595. The minimum Gasteiger partial charge on any atom is -0.507 e. The highest BCUT2D eigenvalue weighted by Crippen LogP contribution is 2.33. The summed E-state index contributed by atoms with van der Waals surface area (Å²) >= 11 is 0. The molecule has 0 saturated heterocycles. The van der Waals surface area contributed by atoms with Crippen molar-refractivity contribution in [1.82, 2.24) is 4.98 Å². The predicted molar refractivity (Wildman–Crippen MR) is 105 cm³/mol. The van der Waals surface area contributed by atoms with Crippen molar-refractivity contribution in [3.05, 3.63) is 59.5 Å². The molecule has 2 aromatic carbocycles. The highest BCUT2D eigenvalue weighted by Gasteiger charge is 2.17. The summed E-state index contributed by atoms with van der Waals surface area (Å²) in [6, 6.07) is 8.48. The minimum absolute atomic E-state index is 0.105. The van der Waals surface area contributed by atoms with Crippen LogP contribution in [0.4, 0.5) is 4.39 Å². The SMILES string of the molecule is CCCOc1cc2cc(C(=O)c3cc(F)ccc3O)cnc2cc1OCCC. The molecule has 5 nitrogen and oxygen atoms in total. The second-order valence-corrected chi connectivity index (χ2v) is 6.40. The van der Waals surface area contributed by atoms with Crippen LogP contribution in [-0.4, -0.2) is 29.1 Å². The van der Waals surface area contributed by atoms with Crippen LogP contribution in [0.25, 0.3) is 10.9 Å². The molecule has 1 N–H and O–H groups in total. The van der Waals surface area contributed by atoms with Crippen molar-refractivity contribution in [2.75, 3.05) is 13.2 Å². The topological polar surface area (TPSA) is 68.7 Å². The molecule has 0 atom stereocenters. The average molecular weight is 383 g/mol. The fraction of sp³-hybridized carbons (Fsp3) is 0.273. The van der Waals surface area contributed by atoms with Crippen molar-refractivity contribution in [3.63, 3.8) is 0 Å². The third-order valence-electron chi connectivity index (χ3n) is 4.14. The molecule has 0 unspecified atom stereocenters. The lowest BCUT2D eigenvalue weighted by molar-refractivity contribution is 0.103. The van der Waals surface area contributed by atoms with E-state index in [1.807, 2.05) is 13.8 Å². The quantitative estimate of drug-likeness (QED) is 0.561. The summed E-state index contributed by atoms with van der Waals surface area (Å²) in [5.41, 5.74) is 0.790. The summed E-state index contributed by atoms with van der Waals surface area (Å²) < 4.78 is 25.0. The first-order valence-electron chi connectivity index (χ1n) is 9.26. The maximum atomic E-state index is 13.5. The largest absolute Gasteiger partial charge is 0.507 e. The van der Waals surface area contributed by atoms with Crippen molar-refractivity contribution in [3.8, 4) is 17.2 Å². The van der Waals surface area contributed by atoms with Crippen molar-refractivity contribution in [1.29, 1.82) is 0 Å². The molecule has 3 aromatic rings. The Labute approximate surface area is 162 Å². The normalized spacial score (nSPS) is 10.8. The maximum Gasteiger partial charge on any atom is 0.198 e. The molecule has 0 saturated carbocycles. The molecule has 0 aliphatic heterocycles. The van der Waals surface area contributed by atoms with Gasteiger partial charge in [-0.1, -0.05) is 13.8 Å². The van der Waals surface area contributed by atoms with Gasteiger partial charge in [0.25, 0.3) is 0 Å². The molecule has 1 heterocycles. The van der Waals surface area contributed by atoms with Gasteiger partial charge in [0.15, 0.2) is 17.3 Å². The van der Waals surface area contributed by atoms with E-state index < -0.39 is 11.6 Å². The van der Waals surface area contributed by atoms with Gasteiger partial charge in [-0.15, -0.1) is 0 Å². The molecule has 0 radical (unpaired) electrons. The Morgan fingerprint density at radius 3 is 2.39 bits per heavy atom. The van der Waals surface area contributed by atoms with Crippen molar-refractivity contribution >= 4 is 16.7 Å². The number of aromatic nitrogens is 1. The number of halogens is 1. The predicted octanol–water partition coefficient (Wildman–Crippen LogP) is 4.89. The lowest BCUT2D eigenvalue weighted by Crippen LogP contribution is -2.04. The highest BCUT2D eigenvalue weighted by molar-refractivity contribution is 6.11. The van der Waals surface area contributed by atoms with Gasteiger partial charge in [-0.2, -0.15) is 0 Å². The van der Waals surface area contributed by atoms with E-state index in [4.69, 9.17) is 9.47 Å². The molecular weight excluding hydrogens is 361 g/mol. The number of carbonyl (C=O) groups excluding carboxylic acids is 1. The van der Waals surface area contributed by atoms with E-state index in [0.717, 1.165) is 31.0 Å². The van der Waals surface area contributed by atoms with E-state index in [1.165, 1.54) is 6.20 Å². The summed E-state index contributed by atoms with van der Waals surface area (Å²) in [5.74, 6) is -0.182. The van der Waals surface area contributed by atoms with Crippen LogP contribution >= 0.6 is 0 Å². The number of aromatic hydroxyl groups is 1. The molecule has 6 heteroatoms. The summed E-state index contributed by atoms with van der Waals surface area (Å²) in [4.78, 5) is 17.0. The smallest absolute Gasteiger partial charge is 0.198 e. The molecule has 146 valence electrons. The number of pyridine rings is 1. The van der Waals surface area contributed by atoms with Crippen LogP contribution in [0.1, 0.15) is 42.6 Å². The van der Waals surface area contributed by atoms with Crippen LogP contribution in [0.15, 0.2) is 42.6 Å². The summed E-state index contributed by atoms with van der Waals surface area (Å²) in [6.07, 6.45) is 3.12. The van der Waals surface area contributed by atoms with Gasteiger partial charge in [0.1, 0.15) is 11.6 Å². The van der Waals surface area contributed by atoms with Gasteiger partial charge < -0.3 is 14.6 Å².